The number of carbonyl (C=O) groups is 8. The van der Waals surface area contributed by atoms with Gasteiger partial charge in [0.05, 0.1) is 106 Å². The molecule has 35 heteroatoms. The number of amides is 4. The van der Waals surface area contributed by atoms with E-state index in [2.05, 4.69) is 19.9 Å². The number of alkyl halides is 7. The first kappa shape index (κ1) is 91.6. The van der Waals surface area contributed by atoms with Gasteiger partial charge in [0.25, 0.3) is 5.92 Å². The zero-order valence-corrected chi connectivity index (χ0v) is 69.5. The zero-order valence-electron chi connectivity index (χ0n) is 67.8. The van der Waals surface area contributed by atoms with Crippen molar-refractivity contribution in [1.29, 1.82) is 0 Å². The van der Waals surface area contributed by atoms with Crippen LogP contribution in [0.2, 0.25) is 0 Å². The number of ether oxygens (including phenoxy) is 6. The summed E-state index contributed by atoms with van der Waals surface area (Å²) < 4.78 is 195. The maximum absolute atomic E-state index is 16.3. The number of nitrogens with zero attached hydrogens (tertiary/aromatic N) is 6. The third-order valence-corrected chi connectivity index (χ3v) is 30.7. The largest absolute Gasteiger partial charge is 0.497 e. The highest BCUT2D eigenvalue weighted by atomic mass is 32.2. The molecule has 6 saturated carbocycles. The van der Waals surface area contributed by atoms with Crippen molar-refractivity contribution in [1.82, 2.24) is 39.2 Å². The summed E-state index contributed by atoms with van der Waals surface area (Å²) in [6, 6.07) is 6.68. The van der Waals surface area contributed by atoms with Crippen LogP contribution < -0.4 is 28.4 Å². The number of Topliss-reactive ketones (excluding diaryl/α,β-unsaturated/α-hetero) is 2. The van der Waals surface area contributed by atoms with E-state index in [4.69, 9.17) is 28.4 Å². The monoisotopic (exact) mass is 1720 g/mol. The number of sulfonamides is 2. The molecule has 26 nitrogen and oxygen atoms in total. The Kier molecular flexibility index (Phi) is 25.9. The van der Waals surface area contributed by atoms with Crippen LogP contribution in [0.3, 0.4) is 0 Å². The molecule has 0 spiro atoms. The first-order valence-electron chi connectivity index (χ1n) is 40.5. The molecular weight excluding hydrogens is 1610 g/mol. The van der Waals surface area contributed by atoms with Crippen molar-refractivity contribution in [2.45, 2.75) is 283 Å². The van der Waals surface area contributed by atoms with Gasteiger partial charge in [0.1, 0.15) is 47.8 Å². The van der Waals surface area contributed by atoms with E-state index in [-0.39, 0.29) is 107 Å². The SMILES string of the molecule is C.C.COc1ccc2nc3c(nc2c1)O[C@H]1CN(C(=O)[C@H](C(C)(C)C)CC(=O)O[C@@H]2C[C@H]2CCCCC3(F)F)[C@H](C(=O)C[C@]2(C(=O)NS(=O)(=O)C3(C)CC3)C[C@H]2C(F)F)[C@@H]1C.COc1ccc2nc3c(nc2c1)O[C@H]1CN(C(=O)[C@H](C(C)(C)C)CC(=O)O[C@@H]2C[C@H]2CCCCC3F)[C@H](C(=O)C[C@]2(C(=O)NS(=O)(=O)C3(C)CC3)C[C@H]2C(F)F)[C@@H]1C. The zero-order chi connectivity index (χ0) is 85.1. The van der Waals surface area contributed by atoms with E-state index in [0.717, 1.165) is 6.42 Å². The predicted molar refractivity (Wildman–Crippen MR) is 421 cm³/mol. The fourth-order valence-electron chi connectivity index (χ4n) is 17.4. The minimum Gasteiger partial charge on any atom is -0.497 e. The van der Waals surface area contributed by atoms with Gasteiger partial charge in [0, 0.05) is 55.1 Å². The number of rotatable bonds is 16. The summed E-state index contributed by atoms with van der Waals surface area (Å²) >= 11 is 0. The molecule has 6 aliphatic carbocycles. The molecule has 4 aromatic rings. The predicted octanol–water partition coefficient (Wildman–Crippen LogP) is 13.4. The lowest BCUT2D eigenvalue weighted by molar-refractivity contribution is -0.154. The van der Waals surface area contributed by atoms with Crippen LogP contribution in [0.5, 0.6) is 23.3 Å². The van der Waals surface area contributed by atoms with Gasteiger partial charge in [-0.25, -0.2) is 58.7 Å². The van der Waals surface area contributed by atoms with Crippen LogP contribution in [0, 0.1) is 69.0 Å². The Morgan fingerprint density at radius 2 is 0.950 bits per heavy atom. The highest BCUT2D eigenvalue weighted by Gasteiger charge is 2.69. The number of fused-ring (bicyclic) bond motifs is 10. The van der Waals surface area contributed by atoms with Gasteiger partial charge in [0.15, 0.2) is 17.3 Å². The lowest BCUT2D eigenvalue weighted by atomic mass is 9.77. The molecule has 2 N–H and O–H groups in total. The molecule has 2 aromatic carbocycles. The van der Waals surface area contributed by atoms with E-state index < -0.39 is 233 Å². The molecule has 2 aromatic heterocycles. The summed E-state index contributed by atoms with van der Waals surface area (Å²) in [7, 11) is -5.57. The van der Waals surface area contributed by atoms with Crippen LogP contribution >= 0.6 is 0 Å². The Hall–Kier alpha value is -8.11. The highest BCUT2D eigenvalue weighted by molar-refractivity contribution is 7.92. The van der Waals surface area contributed by atoms with E-state index in [9.17, 15) is 72.8 Å². The first-order valence-corrected chi connectivity index (χ1v) is 43.5. The number of hydrogen-bond acceptors (Lipinski definition) is 22. The summed E-state index contributed by atoms with van der Waals surface area (Å²) in [5.74, 6) is -16.8. The van der Waals surface area contributed by atoms with E-state index in [1.165, 1.54) is 56.9 Å². The van der Waals surface area contributed by atoms with Crippen molar-refractivity contribution in [3.05, 3.63) is 47.8 Å². The minimum atomic E-state index is -4.26. The molecule has 1 unspecified atom stereocenters. The lowest BCUT2D eigenvalue weighted by Gasteiger charge is -2.35. The quantitative estimate of drug-likeness (QED) is 0.0777. The second kappa shape index (κ2) is 33.6. The van der Waals surface area contributed by atoms with E-state index in [1.807, 2.05) is 9.44 Å². The number of halogens is 7. The minimum absolute atomic E-state index is 0. The third kappa shape index (κ3) is 18.8. The molecule has 4 bridgehead atoms. The van der Waals surface area contributed by atoms with Gasteiger partial charge in [-0.3, -0.25) is 47.8 Å². The number of ketones is 2. The van der Waals surface area contributed by atoms with Crippen LogP contribution in [-0.2, 0) is 73.8 Å². The number of nitrogens with one attached hydrogen (secondary N) is 2. The second-order valence-electron chi connectivity index (χ2n) is 37.1. The third-order valence-electron chi connectivity index (χ3n) is 26.4. The molecule has 0 radical (unpaired) electrons. The number of benzene rings is 2. The lowest BCUT2D eigenvalue weighted by Crippen LogP contribution is -2.50. The van der Waals surface area contributed by atoms with Crippen molar-refractivity contribution in [2.24, 2.45) is 69.0 Å². The summed E-state index contributed by atoms with van der Waals surface area (Å²) in [6.45, 7) is 16.0. The van der Waals surface area contributed by atoms with Crippen molar-refractivity contribution in [3.8, 4) is 23.3 Å². The maximum atomic E-state index is 16.3. The van der Waals surface area contributed by atoms with Crippen molar-refractivity contribution in [2.75, 3.05) is 27.3 Å². The molecule has 8 fully saturated rings. The van der Waals surface area contributed by atoms with Crippen LogP contribution in [-0.4, -0.2) is 180 Å². The average Bonchev–Trinajstić information content (AvgIpc) is 1.56. The number of methoxy groups -OCH3 is 2. The molecule has 4 aliphatic heterocycles. The fourth-order valence-corrected chi connectivity index (χ4v) is 20.1. The summed E-state index contributed by atoms with van der Waals surface area (Å²) in [5, 5.41) is 0. The Morgan fingerprint density at radius 1 is 0.555 bits per heavy atom. The van der Waals surface area contributed by atoms with Gasteiger partial charge in [-0.1, -0.05) is 89.5 Å². The number of carbonyl (C=O) groups excluding carboxylic acids is 8. The molecule has 17 atom stereocenters. The van der Waals surface area contributed by atoms with Gasteiger partial charge in [-0.15, -0.1) is 0 Å². The van der Waals surface area contributed by atoms with Gasteiger partial charge >= 0.3 is 11.9 Å². The van der Waals surface area contributed by atoms with Crippen LogP contribution in [0.1, 0.15) is 230 Å². The summed E-state index contributed by atoms with van der Waals surface area (Å²) in [5.41, 5.74) is -5.54. The van der Waals surface area contributed by atoms with E-state index in [1.54, 1.807) is 72.7 Å². The van der Waals surface area contributed by atoms with Crippen molar-refractivity contribution in [3.63, 3.8) is 0 Å². The summed E-state index contributed by atoms with van der Waals surface area (Å²) in [4.78, 5) is 133. The Morgan fingerprint density at radius 3 is 1.34 bits per heavy atom. The fraction of sp³-hybridized carbons (Fsp3) is 0.714. The molecule has 14 rings (SSSR count). The van der Waals surface area contributed by atoms with E-state index >= 15 is 13.2 Å². The standard InChI is InChI=1S/C41H52F4N4O9S.C41H53F3N4O9S.2CH4/c1-21-30-20-49(32(21)28(50)19-40(18-25(40)34(42)43)37(53)48-59(54,55)39(5)13-14-39)36(52)24(38(2,3)4)17-31(51)57-29-15-22(29)9-7-8-12-41(44,45)33-35(58-30)47-27-16-23(56-6)10-11-26(27)46-33;1-21-31-20-48(34(21)29(49)19-41(18-25(41)35(43)44)38(52)47-58(53,54)40(5)13-14-40)37(51)24(39(2,3)4)17-32(50)56-30-15-22(30)9-7-8-10-26(42)33-36(57-31)46-28-16-23(55-6)11-12-27(28)45-33;;/h10-11,16,21-22,24-25,29-30,32,34H,7-9,12-15,17-20H2,1-6H3,(H,48,53);11-12,16,21-22,24-26,30-31,34-35H,7-10,13-15,17-20H2,1-6H3,(H,47,52);2*1H4/t21-,22-,24-,25+,29-,30+,32+,40-;21-,22-,24-,25+,26?,30-,31+,34+,41-;;/m11../s1. The van der Waals surface area contributed by atoms with Crippen LogP contribution in [0.4, 0.5) is 30.7 Å². The number of aromatic nitrogens is 4. The second-order valence-corrected chi connectivity index (χ2v) is 41.4. The van der Waals surface area contributed by atoms with Crippen LogP contribution in [0.15, 0.2) is 36.4 Å². The van der Waals surface area contributed by atoms with E-state index in [0.29, 0.717) is 73.9 Å². The molecular formula is C84H113F7N8O18S2. The molecule has 658 valence electrons. The summed E-state index contributed by atoms with van der Waals surface area (Å²) in [6.07, 6.45) is -8.87. The first-order chi connectivity index (χ1) is 54.7. The van der Waals surface area contributed by atoms with Gasteiger partial charge < -0.3 is 38.2 Å². The van der Waals surface area contributed by atoms with Gasteiger partial charge in [-0.05, 0) is 138 Å². The topological polar surface area (TPSA) is 342 Å². The maximum Gasteiger partial charge on any atom is 0.306 e. The number of esters is 2. The molecule has 2 saturated heterocycles. The smallest absolute Gasteiger partial charge is 0.306 e. The number of hydrogen-bond donors (Lipinski definition) is 2. The van der Waals surface area contributed by atoms with Crippen molar-refractivity contribution < 1.29 is 114 Å². The van der Waals surface area contributed by atoms with Crippen molar-refractivity contribution >= 4 is 89.2 Å². The van der Waals surface area contributed by atoms with Gasteiger partial charge in [0.2, 0.25) is 68.3 Å². The highest BCUT2D eigenvalue weighted by Crippen LogP contribution is 2.62. The Balaban J connectivity index is 0.000000229. The average molecular weight is 1720 g/mol. The molecule has 6 heterocycles. The van der Waals surface area contributed by atoms with Crippen LogP contribution in [0.25, 0.3) is 22.1 Å². The Bertz CT molecular complexity index is 4830. The molecule has 4 amide bonds. The Labute approximate surface area is 690 Å². The normalized spacial score (nSPS) is 31.7. The molecule has 119 heavy (non-hydrogen) atoms. The molecule has 10 aliphatic rings. The van der Waals surface area contributed by atoms with Gasteiger partial charge in [-0.2, -0.15) is 8.78 Å².